The van der Waals surface area contributed by atoms with E-state index in [2.05, 4.69) is 5.16 Å². The van der Waals surface area contributed by atoms with Crippen molar-refractivity contribution in [1.29, 1.82) is 0 Å². The summed E-state index contributed by atoms with van der Waals surface area (Å²) in [6, 6.07) is 0. The van der Waals surface area contributed by atoms with Crippen LogP contribution in [0.4, 0.5) is 0 Å². The van der Waals surface area contributed by atoms with E-state index in [1.165, 1.54) is 0 Å². The first-order chi connectivity index (χ1) is 4.04. The molecular formula is C6H14N2O. The van der Waals surface area contributed by atoms with Crippen molar-refractivity contribution in [2.45, 2.75) is 32.7 Å². The summed E-state index contributed by atoms with van der Waals surface area (Å²) in [5.74, 6) is 0. The van der Waals surface area contributed by atoms with Crippen LogP contribution in [0.5, 0.6) is 0 Å². The zero-order chi connectivity index (χ0) is 7.49. The summed E-state index contributed by atoms with van der Waals surface area (Å²) >= 11 is 0. The molecule has 0 aromatic heterocycles. The van der Waals surface area contributed by atoms with Crippen molar-refractivity contribution >= 4 is 5.71 Å². The fourth-order valence-corrected chi connectivity index (χ4v) is 0.370. The van der Waals surface area contributed by atoms with Crippen LogP contribution in [-0.2, 0) is 0 Å². The van der Waals surface area contributed by atoms with E-state index in [0.29, 0.717) is 5.71 Å². The summed E-state index contributed by atoms with van der Waals surface area (Å²) in [4.78, 5) is 0. The van der Waals surface area contributed by atoms with Gasteiger partial charge in [-0.15, -0.1) is 0 Å². The fraction of sp³-hybridized carbons (Fsp3) is 0.833. The second-order valence-electron chi connectivity index (χ2n) is 2.46. The molecule has 3 heteroatoms. The number of oxime groups is 1. The molecular weight excluding hydrogens is 116 g/mol. The first-order valence-electron chi connectivity index (χ1n) is 3.02. The number of hydrogen-bond acceptors (Lipinski definition) is 3. The molecule has 0 aliphatic heterocycles. The molecule has 0 aromatic rings. The lowest BCUT2D eigenvalue weighted by Gasteiger charge is -2.20. The van der Waals surface area contributed by atoms with Gasteiger partial charge in [-0.1, -0.05) is 12.1 Å². The number of hydrogen-bond donors (Lipinski definition) is 2. The number of nitrogens with zero attached hydrogens (tertiary/aromatic N) is 1. The molecule has 0 saturated carbocycles. The Balaban J connectivity index is 4.14. The van der Waals surface area contributed by atoms with E-state index < -0.39 is 5.54 Å². The van der Waals surface area contributed by atoms with E-state index in [-0.39, 0.29) is 0 Å². The Morgan fingerprint density at radius 2 is 2.22 bits per heavy atom. The third-order valence-corrected chi connectivity index (χ3v) is 1.71. The van der Waals surface area contributed by atoms with E-state index in [0.717, 1.165) is 6.42 Å². The van der Waals surface area contributed by atoms with Gasteiger partial charge in [0, 0.05) is 0 Å². The van der Waals surface area contributed by atoms with Crippen molar-refractivity contribution < 1.29 is 5.21 Å². The van der Waals surface area contributed by atoms with Crippen LogP contribution in [0, 0.1) is 0 Å². The normalized spacial score (nSPS) is 19.3. The van der Waals surface area contributed by atoms with Crippen LogP contribution in [0.2, 0.25) is 0 Å². The summed E-state index contributed by atoms with van der Waals surface area (Å²) in [6.07, 6.45) is 0.781. The molecule has 0 bridgehead atoms. The molecule has 0 heterocycles. The minimum Gasteiger partial charge on any atom is -0.411 e. The predicted octanol–water partition coefficient (Wildman–Crippen LogP) is 0.964. The van der Waals surface area contributed by atoms with Gasteiger partial charge in [-0.25, -0.2) is 0 Å². The lowest BCUT2D eigenvalue weighted by Crippen LogP contribution is -2.42. The molecule has 1 atom stereocenters. The highest BCUT2D eigenvalue weighted by molar-refractivity contribution is 5.90. The molecule has 3 N–H and O–H groups in total. The zero-order valence-corrected chi connectivity index (χ0v) is 6.18. The monoisotopic (exact) mass is 130 g/mol. The molecule has 0 aromatic carbocycles. The molecule has 0 saturated heterocycles. The maximum Gasteiger partial charge on any atom is 0.0735 e. The Morgan fingerprint density at radius 3 is 2.33 bits per heavy atom. The maximum atomic E-state index is 8.31. The Hall–Kier alpha value is -0.570. The van der Waals surface area contributed by atoms with Gasteiger partial charge in [-0.05, 0) is 20.3 Å². The predicted molar refractivity (Wildman–Crippen MR) is 37.8 cm³/mol. The van der Waals surface area contributed by atoms with Crippen molar-refractivity contribution in [3.8, 4) is 0 Å². The Labute approximate surface area is 55.5 Å². The molecule has 1 unspecified atom stereocenters. The molecule has 0 rings (SSSR count). The summed E-state index contributed by atoms with van der Waals surface area (Å²) in [7, 11) is 0. The molecule has 3 nitrogen and oxygen atoms in total. The Morgan fingerprint density at radius 1 is 1.78 bits per heavy atom. The lowest BCUT2D eigenvalue weighted by atomic mass is 9.95. The average molecular weight is 130 g/mol. The number of rotatable bonds is 2. The first-order valence-corrected chi connectivity index (χ1v) is 3.02. The van der Waals surface area contributed by atoms with E-state index >= 15 is 0 Å². The molecule has 0 aliphatic rings. The third kappa shape index (κ3) is 2.01. The lowest BCUT2D eigenvalue weighted by molar-refractivity contribution is 0.312. The largest absolute Gasteiger partial charge is 0.411 e. The molecule has 0 aliphatic carbocycles. The molecule has 9 heavy (non-hydrogen) atoms. The fourth-order valence-electron chi connectivity index (χ4n) is 0.370. The maximum absolute atomic E-state index is 8.31. The van der Waals surface area contributed by atoms with Crippen molar-refractivity contribution in [1.82, 2.24) is 0 Å². The smallest absolute Gasteiger partial charge is 0.0735 e. The molecule has 0 amide bonds. The van der Waals surface area contributed by atoms with Gasteiger partial charge in [-0.2, -0.15) is 0 Å². The van der Waals surface area contributed by atoms with Gasteiger partial charge in [0.1, 0.15) is 0 Å². The minimum atomic E-state index is -0.450. The highest BCUT2D eigenvalue weighted by Crippen LogP contribution is 2.06. The summed E-state index contributed by atoms with van der Waals surface area (Å²) in [5.41, 5.74) is 5.80. The van der Waals surface area contributed by atoms with Crippen LogP contribution in [-0.4, -0.2) is 16.5 Å². The van der Waals surface area contributed by atoms with Crippen LogP contribution >= 0.6 is 0 Å². The van der Waals surface area contributed by atoms with Crippen molar-refractivity contribution in [3.63, 3.8) is 0 Å². The van der Waals surface area contributed by atoms with Gasteiger partial charge >= 0.3 is 0 Å². The highest BCUT2D eigenvalue weighted by atomic mass is 16.4. The van der Waals surface area contributed by atoms with E-state index in [1.54, 1.807) is 6.92 Å². The standard InChI is InChI=1S/C6H14N2O/c1-4-6(3,7)5(2)8-9/h9H,4,7H2,1-3H3/b8-5-. The van der Waals surface area contributed by atoms with Crippen molar-refractivity contribution in [2.75, 3.05) is 0 Å². The van der Waals surface area contributed by atoms with Gasteiger partial charge in [-0.3, -0.25) is 0 Å². The Bertz CT molecular complexity index is 118. The average Bonchev–Trinajstić information content (AvgIpc) is 1.86. The molecule has 0 radical (unpaired) electrons. The van der Waals surface area contributed by atoms with E-state index in [9.17, 15) is 0 Å². The van der Waals surface area contributed by atoms with Crippen molar-refractivity contribution in [3.05, 3.63) is 0 Å². The van der Waals surface area contributed by atoms with Gasteiger partial charge < -0.3 is 10.9 Å². The van der Waals surface area contributed by atoms with Gasteiger partial charge in [0.05, 0.1) is 11.3 Å². The summed E-state index contributed by atoms with van der Waals surface area (Å²) in [5, 5.41) is 11.3. The number of nitrogens with two attached hydrogens (primary N) is 1. The SMILES string of the molecule is CCC(C)(N)/C(C)=N\O. The summed E-state index contributed by atoms with van der Waals surface area (Å²) in [6.45, 7) is 5.50. The van der Waals surface area contributed by atoms with Gasteiger partial charge in [0.2, 0.25) is 0 Å². The van der Waals surface area contributed by atoms with Gasteiger partial charge in [0.15, 0.2) is 0 Å². The third-order valence-electron chi connectivity index (χ3n) is 1.71. The van der Waals surface area contributed by atoms with Gasteiger partial charge in [0.25, 0.3) is 0 Å². The second-order valence-corrected chi connectivity index (χ2v) is 2.46. The summed E-state index contributed by atoms with van der Waals surface area (Å²) < 4.78 is 0. The molecule has 0 fully saturated rings. The second kappa shape index (κ2) is 2.82. The van der Waals surface area contributed by atoms with Crippen LogP contribution in [0.25, 0.3) is 0 Å². The Kier molecular flexibility index (Phi) is 2.65. The van der Waals surface area contributed by atoms with E-state index in [4.69, 9.17) is 10.9 Å². The minimum absolute atomic E-state index is 0.450. The van der Waals surface area contributed by atoms with Crippen LogP contribution < -0.4 is 5.73 Å². The quantitative estimate of drug-likeness (QED) is 0.332. The van der Waals surface area contributed by atoms with Crippen LogP contribution in [0.3, 0.4) is 0 Å². The van der Waals surface area contributed by atoms with Crippen LogP contribution in [0.1, 0.15) is 27.2 Å². The van der Waals surface area contributed by atoms with E-state index in [1.807, 2.05) is 13.8 Å². The highest BCUT2D eigenvalue weighted by Gasteiger charge is 2.19. The first kappa shape index (κ1) is 8.43. The van der Waals surface area contributed by atoms with Crippen LogP contribution in [0.15, 0.2) is 5.16 Å². The topological polar surface area (TPSA) is 58.6 Å². The molecule has 0 spiro atoms. The molecule has 54 valence electrons. The van der Waals surface area contributed by atoms with Crippen molar-refractivity contribution in [2.24, 2.45) is 10.9 Å². The zero-order valence-electron chi connectivity index (χ0n) is 6.18.